The minimum Gasteiger partial charge on any atom is -0.370 e. The summed E-state index contributed by atoms with van der Waals surface area (Å²) < 4.78 is 0. The van der Waals surface area contributed by atoms with Crippen LogP contribution in [0, 0.1) is 0 Å². The maximum absolute atomic E-state index is 10.4. The van der Waals surface area contributed by atoms with Crippen LogP contribution in [-0.4, -0.2) is 45.8 Å². The Morgan fingerprint density at radius 3 is 1.73 bits per heavy atom. The van der Waals surface area contributed by atoms with Gasteiger partial charge in [0.15, 0.2) is 6.29 Å². The van der Waals surface area contributed by atoms with E-state index in [-0.39, 0.29) is 12.5 Å². The number of hydroxylamine groups is 2. The summed E-state index contributed by atoms with van der Waals surface area (Å²) in [5.74, 6) is -0.159. The fourth-order valence-corrected chi connectivity index (χ4v) is 1.93. The van der Waals surface area contributed by atoms with Crippen LogP contribution in [0.2, 0.25) is 0 Å². The zero-order chi connectivity index (χ0) is 17.2. The third-order valence-corrected chi connectivity index (χ3v) is 3.27. The number of unbranched alkanes of at least 4 members (excludes halogenated alkanes) is 8. The largest absolute Gasteiger partial charge is 0.370 e. The molecule has 0 radical (unpaired) electrons. The smallest absolute Gasteiger partial charge is 0.217 e. The van der Waals surface area contributed by atoms with Crippen molar-refractivity contribution in [3.63, 3.8) is 0 Å². The summed E-state index contributed by atoms with van der Waals surface area (Å²) in [7, 11) is 0. The molecule has 0 heterocycles. The van der Waals surface area contributed by atoms with Crippen LogP contribution in [0.1, 0.15) is 78.1 Å². The van der Waals surface area contributed by atoms with E-state index in [1.54, 1.807) is 6.92 Å². The molecule has 0 aromatic rings. The van der Waals surface area contributed by atoms with E-state index in [4.69, 9.17) is 21.2 Å². The molecule has 0 rings (SSSR count). The van der Waals surface area contributed by atoms with Crippen molar-refractivity contribution >= 4 is 5.91 Å². The van der Waals surface area contributed by atoms with Crippen LogP contribution in [0.4, 0.5) is 0 Å². The van der Waals surface area contributed by atoms with Gasteiger partial charge in [0.1, 0.15) is 0 Å². The molecule has 0 aliphatic rings. The summed E-state index contributed by atoms with van der Waals surface area (Å²) in [6, 6.07) is 0. The number of aliphatic hydroxyl groups excluding tert-OH is 1. The number of amides is 1. The van der Waals surface area contributed by atoms with Crippen molar-refractivity contribution in [3.05, 3.63) is 0 Å². The lowest BCUT2D eigenvalue weighted by Gasteiger charge is -2.11. The number of carbonyl (C=O) groups excluding carboxylic acids is 1. The fraction of sp³-hybridized carbons (Fsp3) is 0.938. The Labute approximate surface area is 135 Å². The van der Waals surface area contributed by atoms with Gasteiger partial charge < -0.3 is 21.2 Å². The molecule has 0 unspecified atom stereocenters. The van der Waals surface area contributed by atoms with Crippen LogP contribution in [0.5, 0.6) is 0 Å². The lowest BCUT2D eigenvalue weighted by Crippen LogP contribution is -2.28. The van der Waals surface area contributed by atoms with E-state index < -0.39 is 6.29 Å². The van der Waals surface area contributed by atoms with Gasteiger partial charge in [-0.25, -0.2) is 0 Å². The molecule has 0 aliphatic heterocycles. The molecular weight excluding hydrogens is 284 g/mol. The molecule has 0 aliphatic carbocycles. The Kier molecular flexibility index (Phi) is 19.7. The standard InChI is InChI=1S/C12H25NO.C4H11NO3/c1-2-3-4-5-6-7-8-9-10-11-12(13)14;1-2-5(8)3-4(6)7/h2-11H2,1H3,(H2,13,14);4,6-8H,2-3H2,1H3. The van der Waals surface area contributed by atoms with Gasteiger partial charge >= 0.3 is 0 Å². The Bertz CT molecular complexity index is 238. The first-order valence-electron chi connectivity index (χ1n) is 8.52. The molecule has 6 heteroatoms. The van der Waals surface area contributed by atoms with Gasteiger partial charge in [0.2, 0.25) is 5.91 Å². The van der Waals surface area contributed by atoms with Crippen LogP contribution in [0.25, 0.3) is 0 Å². The summed E-state index contributed by atoms with van der Waals surface area (Å²) in [5, 5.41) is 25.8. The zero-order valence-electron chi connectivity index (χ0n) is 14.3. The molecule has 1 amide bonds. The number of nitrogens with two attached hydrogens (primary N) is 1. The molecule has 0 aromatic heterocycles. The molecule has 0 aromatic carbocycles. The minimum absolute atomic E-state index is 0.115. The van der Waals surface area contributed by atoms with Gasteiger partial charge in [-0.05, 0) is 6.42 Å². The quantitative estimate of drug-likeness (QED) is 0.237. The highest BCUT2D eigenvalue weighted by atomic mass is 16.5. The highest BCUT2D eigenvalue weighted by Gasteiger charge is 2.01. The average Bonchev–Trinajstić information content (AvgIpc) is 2.45. The van der Waals surface area contributed by atoms with E-state index in [0.29, 0.717) is 13.0 Å². The van der Waals surface area contributed by atoms with Crippen molar-refractivity contribution in [3.8, 4) is 0 Å². The second kappa shape index (κ2) is 18.4. The fourth-order valence-electron chi connectivity index (χ4n) is 1.93. The topological polar surface area (TPSA) is 107 Å². The number of nitrogens with zero attached hydrogens (tertiary/aromatic N) is 1. The Balaban J connectivity index is 0. The summed E-state index contributed by atoms with van der Waals surface area (Å²) in [6.07, 6.45) is 10.7. The summed E-state index contributed by atoms with van der Waals surface area (Å²) in [6.45, 7) is 4.24. The van der Waals surface area contributed by atoms with E-state index >= 15 is 0 Å². The molecule has 0 bridgehead atoms. The van der Waals surface area contributed by atoms with Crippen LogP contribution < -0.4 is 5.73 Å². The number of rotatable bonds is 13. The van der Waals surface area contributed by atoms with E-state index in [0.717, 1.165) is 17.9 Å². The number of aliphatic hydroxyl groups is 2. The number of hydrogen-bond acceptors (Lipinski definition) is 5. The summed E-state index contributed by atoms with van der Waals surface area (Å²) >= 11 is 0. The first-order valence-corrected chi connectivity index (χ1v) is 8.52. The van der Waals surface area contributed by atoms with Gasteiger partial charge in [-0.1, -0.05) is 65.2 Å². The SMILES string of the molecule is CCCCCCCCCCCC(N)=O.CCN(O)CC(O)O. The average molecular weight is 320 g/mol. The predicted molar refractivity (Wildman–Crippen MR) is 88.3 cm³/mol. The molecular formula is C16H36N2O4. The molecule has 0 spiro atoms. The third kappa shape index (κ3) is 24.3. The van der Waals surface area contributed by atoms with Crippen LogP contribution in [-0.2, 0) is 4.79 Å². The maximum atomic E-state index is 10.4. The molecule has 0 atom stereocenters. The number of primary amides is 1. The van der Waals surface area contributed by atoms with Crippen molar-refractivity contribution in [1.82, 2.24) is 5.06 Å². The van der Waals surface area contributed by atoms with E-state index in [1.165, 1.54) is 44.9 Å². The highest BCUT2D eigenvalue weighted by molar-refractivity contribution is 5.73. The highest BCUT2D eigenvalue weighted by Crippen LogP contribution is 2.10. The first-order chi connectivity index (χ1) is 10.4. The maximum Gasteiger partial charge on any atom is 0.217 e. The second-order valence-electron chi connectivity index (χ2n) is 5.53. The Morgan fingerprint density at radius 2 is 1.41 bits per heavy atom. The number of carbonyl (C=O) groups is 1. The van der Waals surface area contributed by atoms with Crippen LogP contribution in [0.3, 0.4) is 0 Å². The second-order valence-corrected chi connectivity index (χ2v) is 5.53. The predicted octanol–water partition coefficient (Wildman–Crippen LogP) is 2.40. The normalized spacial score (nSPS) is 10.7. The van der Waals surface area contributed by atoms with Gasteiger partial charge in [-0.3, -0.25) is 4.79 Å². The van der Waals surface area contributed by atoms with Crippen molar-refractivity contribution in [2.75, 3.05) is 13.1 Å². The zero-order valence-corrected chi connectivity index (χ0v) is 14.3. The molecule has 0 saturated carbocycles. The van der Waals surface area contributed by atoms with Crippen LogP contribution in [0.15, 0.2) is 0 Å². The van der Waals surface area contributed by atoms with Gasteiger partial charge in [0.25, 0.3) is 0 Å². The number of hydrogen-bond donors (Lipinski definition) is 4. The van der Waals surface area contributed by atoms with Gasteiger partial charge in [0, 0.05) is 13.0 Å². The Hall–Kier alpha value is -0.690. The summed E-state index contributed by atoms with van der Waals surface area (Å²) in [5.41, 5.74) is 5.05. The Morgan fingerprint density at radius 1 is 0.955 bits per heavy atom. The lowest BCUT2D eigenvalue weighted by molar-refractivity contribution is -0.155. The molecule has 0 fully saturated rings. The molecule has 134 valence electrons. The van der Waals surface area contributed by atoms with E-state index in [1.807, 2.05) is 0 Å². The van der Waals surface area contributed by atoms with Crippen LogP contribution >= 0.6 is 0 Å². The van der Waals surface area contributed by atoms with E-state index in [9.17, 15) is 4.79 Å². The van der Waals surface area contributed by atoms with E-state index in [2.05, 4.69) is 6.92 Å². The summed E-state index contributed by atoms with van der Waals surface area (Å²) in [4.78, 5) is 10.4. The van der Waals surface area contributed by atoms with Crippen molar-refractivity contribution in [2.45, 2.75) is 84.3 Å². The minimum atomic E-state index is -1.44. The molecule has 22 heavy (non-hydrogen) atoms. The molecule has 5 N–H and O–H groups in total. The third-order valence-electron chi connectivity index (χ3n) is 3.27. The monoisotopic (exact) mass is 320 g/mol. The lowest BCUT2D eigenvalue weighted by atomic mass is 10.1. The van der Waals surface area contributed by atoms with Gasteiger partial charge in [0.05, 0.1) is 6.54 Å². The molecule has 0 saturated heterocycles. The van der Waals surface area contributed by atoms with Crippen molar-refractivity contribution < 1.29 is 20.2 Å². The molecule has 6 nitrogen and oxygen atoms in total. The van der Waals surface area contributed by atoms with Crippen molar-refractivity contribution in [2.24, 2.45) is 5.73 Å². The first kappa shape index (κ1) is 23.6. The van der Waals surface area contributed by atoms with Gasteiger partial charge in [-0.2, -0.15) is 5.06 Å². The van der Waals surface area contributed by atoms with Gasteiger partial charge in [-0.15, -0.1) is 0 Å². The van der Waals surface area contributed by atoms with Crippen molar-refractivity contribution in [1.29, 1.82) is 0 Å². The number of likely N-dealkylation sites (N-methyl/N-ethyl adjacent to an activating group) is 1.